The fourth-order valence-corrected chi connectivity index (χ4v) is 3.53. The molecule has 3 amide bonds. The van der Waals surface area contributed by atoms with E-state index in [1.807, 2.05) is 18.2 Å². The first kappa shape index (κ1) is 16.5. The van der Waals surface area contributed by atoms with Crippen LogP contribution in [0, 0.1) is 0 Å². The van der Waals surface area contributed by atoms with Gasteiger partial charge in [-0.25, -0.2) is 0 Å². The molecule has 0 spiro atoms. The molecule has 6 nitrogen and oxygen atoms in total. The third-order valence-corrected chi connectivity index (χ3v) is 4.79. The highest BCUT2D eigenvalue weighted by molar-refractivity contribution is 6.40. The number of rotatable bonds is 2. The molecule has 0 saturated carbocycles. The summed E-state index contributed by atoms with van der Waals surface area (Å²) in [5, 5.41) is 2.68. The molecule has 1 aliphatic heterocycles. The van der Waals surface area contributed by atoms with Crippen LogP contribution in [0.5, 0.6) is 0 Å². The zero-order chi connectivity index (χ0) is 17.3. The van der Waals surface area contributed by atoms with Crippen molar-refractivity contribution in [2.75, 3.05) is 26.0 Å². The van der Waals surface area contributed by atoms with Gasteiger partial charge in [0.15, 0.2) is 0 Å². The van der Waals surface area contributed by atoms with Gasteiger partial charge in [-0.05, 0) is 55.4 Å². The number of aryl methyl sites for hydroxylation is 2. The van der Waals surface area contributed by atoms with Crippen LogP contribution in [0.15, 0.2) is 18.2 Å². The fourth-order valence-electron chi connectivity index (χ4n) is 3.53. The van der Waals surface area contributed by atoms with Gasteiger partial charge in [0, 0.05) is 26.3 Å². The third-order valence-electron chi connectivity index (χ3n) is 4.79. The van der Waals surface area contributed by atoms with Crippen molar-refractivity contribution >= 4 is 23.4 Å². The van der Waals surface area contributed by atoms with Gasteiger partial charge in [0.2, 0.25) is 5.91 Å². The molecule has 128 valence electrons. The number of hydrogen-bond acceptors (Lipinski definition) is 3. The van der Waals surface area contributed by atoms with Crippen molar-refractivity contribution in [1.29, 1.82) is 0 Å². The number of nitrogens with zero attached hydrogens (tertiary/aromatic N) is 2. The number of carbonyl (C=O) groups excluding carboxylic acids is 3. The SMILES string of the molecule is CN(C)C(=O)[C@H]1CCCN1C(=O)C(=O)Nc1ccc2c(c1)CCC2. The molecular weight excluding hydrogens is 306 g/mol. The highest BCUT2D eigenvalue weighted by atomic mass is 16.2. The van der Waals surface area contributed by atoms with Crippen LogP contribution in [-0.2, 0) is 27.2 Å². The van der Waals surface area contributed by atoms with E-state index in [0.717, 1.165) is 25.7 Å². The molecule has 0 radical (unpaired) electrons. The summed E-state index contributed by atoms with van der Waals surface area (Å²) in [4.78, 5) is 39.8. The monoisotopic (exact) mass is 329 g/mol. The zero-order valence-corrected chi connectivity index (χ0v) is 14.2. The predicted octanol–water partition coefficient (Wildman–Crippen LogP) is 1.19. The lowest BCUT2D eigenvalue weighted by Gasteiger charge is -2.25. The van der Waals surface area contributed by atoms with E-state index in [4.69, 9.17) is 0 Å². The normalized spacial score (nSPS) is 19.1. The first-order valence-electron chi connectivity index (χ1n) is 8.42. The Morgan fingerprint density at radius 1 is 1.12 bits per heavy atom. The van der Waals surface area contributed by atoms with Crippen LogP contribution in [0.4, 0.5) is 5.69 Å². The van der Waals surface area contributed by atoms with Crippen LogP contribution in [-0.4, -0.2) is 54.2 Å². The maximum Gasteiger partial charge on any atom is 0.313 e. The van der Waals surface area contributed by atoms with Crippen LogP contribution in [0.25, 0.3) is 0 Å². The largest absolute Gasteiger partial charge is 0.347 e. The lowest BCUT2D eigenvalue weighted by atomic mass is 10.1. The van der Waals surface area contributed by atoms with Crippen molar-refractivity contribution in [2.24, 2.45) is 0 Å². The van der Waals surface area contributed by atoms with Gasteiger partial charge in [-0.2, -0.15) is 0 Å². The van der Waals surface area contributed by atoms with Gasteiger partial charge < -0.3 is 15.1 Å². The summed E-state index contributed by atoms with van der Waals surface area (Å²) < 4.78 is 0. The average molecular weight is 329 g/mol. The van der Waals surface area contributed by atoms with E-state index in [-0.39, 0.29) is 5.91 Å². The van der Waals surface area contributed by atoms with Crippen molar-refractivity contribution in [3.63, 3.8) is 0 Å². The maximum atomic E-state index is 12.5. The van der Waals surface area contributed by atoms with E-state index in [0.29, 0.717) is 18.7 Å². The molecule has 1 atom stereocenters. The van der Waals surface area contributed by atoms with E-state index < -0.39 is 17.9 Å². The molecule has 1 fully saturated rings. The van der Waals surface area contributed by atoms with Crippen molar-refractivity contribution in [2.45, 2.75) is 38.1 Å². The van der Waals surface area contributed by atoms with Crippen LogP contribution in [0.3, 0.4) is 0 Å². The van der Waals surface area contributed by atoms with Crippen LogP contribution < -0.4 is 5.32 Å². The molecule has 1 N–H and O–H groups in total. The zero-order valence-electron chi connectivity index (χ0n) is 14.2. The summed E-state index contributed by atoms with van der Waals surface area (Å²) in [5.41, 5.74) is 3.20. The Labute approximate surface area is 141 Å². The predicted molar refractivity (Wildman–Crippen MR) is 90.5 cm³/mol. The molecule has 1 aromatic carbocycles. The Morgan fingerprint density at radius 3 is 2.62 bits per heavy atom. The fraction of sp³-hybridized carbons (Fsp3) is 0.500. The van der Waals surface area contributed by atoms with Crippen molar-refractivity contribution < 1.29 is 14.4 Å². The minimum atomic E-state index is -0.675. The van der Waals surface area contributed by atoms with Crippen LogP contribution >= 0.6 is 0 Å². The molecular formula is C18H23N3O3. The molecule has 0 unspecified atom stereocenters. The second-order valence-electron chi connectivity index (χ2n) is 6.68. The summed E-state index contributed by atoms with van der Waals surface area (Å²) in [6.45, 7) is 0.445. The smallest absolute Gasteiger partial charge is 0.313 e. The van der Waals surface area contributed by atoms with Gasteiger partial charge in [-0.15, -0.1) is 0 Å². The molecule has 1 aliphatic carbocycles. The molecule has 0 aromatic heterocycles. The molecule has 3 rings (SSSR count). The first-order valence-corrected chi connectivity index (χ1v) is 8.42. The van der Waals surface area contributed by atoms with Gasteiger partial charge >= 0.3 is 11.8 Å². The standard InChI is InChI=1S/C18H23N3O3/c1-20(2)17(23)15-7-4-10-21(15)18(24)16(22)19-14-9-8-12-5-3-6-13(12)11-14/h8-9,11,15H,3-7,10H2,1-2H3,(H,19,22)/t15-/m1/s1. The van der Waals surface area contributed by atoms with E-state index in [9.17, 15) is 14.4 Å². The molecule has 24 heavy (non-hydrogen) atoms. The Balaban J connectivity index is 1.68. The molecule has 2 aliphatic rings. The topological polar surface area (TPSA) is 69.7 Å². The van der Waals surface area contributed by atoms with Crippen molar-refractivity contribution in [1.82, 2.24) is 9.80 Å². The molecule has 0 bridgehead atoms. The van der Waals surface area contributed by atoms with Gasteiger partial charge in [0.05, 0.1) is 0 Å². The number of amides is 3. The highest BCUT2D eigenvalue weighted by Gasteiger charge is 2.37. The molecule has 6 heteroatoms. The number of likely N-dealkylation sites (tertiary alicyclic amines) is 1. The summed E-state index contributed by atoms with van der Waals surface area (Å²) >= 11 is 0. The van der Waals surface area contributed by atoms with Gasteiger partial charge in [-0.1, -0.05) is 6.07 Å². The highest BCUT2D eigenvalue weighted by Crippen LogP contribution is 2.25. The first-order chi connectivity index (χ1) is 11.5. The molecule has 1 aromatic rings. The molecule has 1 heterocycles. The van der Waals surface area contributed by atoms with E-state index in [1.54, 1.807) is 14.1 Å². The van der Waals surface area contributed by atoms with Crippen LogP contribution in [0.2, 0.25) is 0 Å². The Bertz CT molecular complexity index is 684. The second-order valence-corrected chi connectivity index (χ2v) is 6.68. The summed E-state index contributed by atoms with van der Waals surface area (Å²) in [6.07, 6.45) is 4.56. The van der Waals surface area contributed by atoms with Crippen LogP contribution in [0.1, 0.15) is 30.4 Å². The van der Waals surface area contributed by atoms with Gasteiger partial charge in [-0.3, -0.25) is 14.4 Å². The number of likely N-dealkylation sites (N-methyl/N-ethyl adjacent to an activating group) is 1. The number of nitrogens with one attached hydrogen (secondary N) is 1. The summed E-state index contributed by atoms with van der Waals surface area (Å²) in [5.74, 6) is -1.44. The number of benzene rings is 1. The maximum absolute atomic E-state index is 12.5. The lowest BCUT2D eigenvalue weighted by molar-refractivity contribution is -0.147. The number of fused-ring (bicyclic) bond motifs is 1. The van der Waals surface area contributed by atoms with E-state index in [2.05, 4.69) is 5.32 Å². The Hall–Kier alpha value is -2.37. The minimum absolute atomic E-state index is 0.133. The molecule has 1 saturated heterocycles. The van der Waals surface area contributed by atoms with Crippen molar-refractivity contribution in [3.8, 4) is 0 Å². The Kier molecular flexibility index (Phi) is 4.55. The third kappa shape index (κ3) is 3.13. The Morgan fingerprint density at radius 2 is 1.88 bits per heavy atom. The number of hydrogen-bond donors (Lipinski definition) is 1. The van der Waals surface area contributed by atoms with Gasteiger partial charge in [0.1, 0.15) is 6.04 Å². The van der Waals surface area contributed by atoms with Gasteiger partial charge in [0.25, 0.3) is 0 Å². The minimum Gasteiger partial charge on any atom is -0.347 e. The summed E-state index contributed by atoms with van der Waals surface area (Å²) in [7, 11) is 3.32. The van der Waals surface area contributed by atoms with Crippen molar-refractivity contribution in [3.05, 3.63) is 29.3 Å². The average Bonchev–Trinajstić information content (AvgIpc) is 3.21. The summed E-state index contributed by atoms with van der Waals surface area (Å²) in [6, 6.07) is 5.26. The quantitative estimate of drug-likeness (QED) is 0.829. The lowest BCUT2D eigenvalue weighted by Crippen LogP contribution is -2.48. The second kappa shape index (κ2) is 6.63. The number of carbonyl (C=O) groups is 3. The van der Waals surface area contributed by atoms with E-state index in [1.165, 1.54) is 20.9 Å². The number of anilines is 1. The van der Waals surface area contributed by atoms with E-state index >= 15 is 0 Å².